The van der Waals surface area contributed by atoms with Crippen molar-refractivity contribution < 1.29 is 4.79 Å². The SMILES string of the molecule is O=C(NCCC1CCCCC1)c1ccccc1CBr. The first kappa shape index (κ1) is 14.6. The van der Waals surface area contributed by atoms with Crippen molar-refractivity contribution in [2.24, 2.45) is 5.92 Å². The van der Waals surface area contributed by atoms with Crippen molar-refractivity contribution >= 4 is 21.8 Å². The Morgan fingerprint density at radius 1 is 1.21 bits per heavy atom. The lowest BCUT2D eigenvalue weighted by molar-refractivity contribution is 0.0949. The molecule has 3 heteroatoms. The summed E-state index contributed by atoms with van der Waals surface area (Å²) in [6.45, 7) is 0.806. The lowest BCUT2D eigenvalue weighted by Gasteiger charge is -2.21. The van der Waals surface area contributed by atoms with Gasteiger partial charge in [-0.15, -0.1) is 0 Å². The largest absolute Gasteiger partial charge is 0.352 e. The number of carbonyl (C=O) groups is 1. The van der Waals surface area contributed by atoms with Crippen LogP contribution in [0.5, 0.6) is 0 Å². The lowest BCUT2D eigenvalue weighted by atomic mass is 9.87. The van der Waals surface area contributed by atoms with Gasteiger partial charge >= 0.3 is 0 Å². The smallest absolute Gasteiger partial charge is 0.251 e. The molecule has 0 spiro atoms. The highest BCUT2D eigenvalue weighted by molar-refractivity contribution is 9.08. The average Bonchev–Trinajstić information content (AvgIpc) is 2.48. The predicted molar refractivity (Wildman–Crippen MR) is 82.6 cm³/mol. The highest BCUT2D eigenvalue weighted by atomic mass is 79.9. The second-order valence-corrected chi connectivity index (χ2v) is 5.90. The molecule has 0 unspecified atom stereocenters. The highest BCUT2D eigenvalue weighted by Crippen LogP contribution is 2.25. The van der Waals surface area contributed by atoms with E-state index in [0.717, 1.165) is 35.3 Å². The van der Waals surface area contributed by atoms with Gasteiger partial charge in [-0.05, 0) is 24.0 Å². The molecule has 0 atom stereocenters. The van der Waals surface area contributed by atoms with Crippen LogP contribution in [0, 0.1) is 5.92 Å². The van der Waals surface area contributed by atoms with Crippen LogP contribution in [0.15, 0.2) is 24.3 Å². The van der Waals surface area contributed by atoms with Crippen molar-refractivity contribution in [1.82, 2.24) is 5.32 Å². The van der Waals surface area contributed by atoms with Crippen LogP contribution in [0.2, 0.25) is 0 Å². The van der Waals surface area contributed by atoms with E-state index in [2.05, 4.69) is 21.2 Å². The maximum absolute atomic E-state index is 12.1. The second-order valence-electron chi connectivity index (χ2n) is 5.34. The van der Waals surface area contributed by atoms with Crippen LogP contribution in [0.25, 0.3) is 0 Å². The molecule has 104 valence electrons. The minimum absolute atomic E-state index is 0.0610. The topological polar surface area (TPSA) is 29.1 Å². The molecule has 0 aliphatic heterocycles. The fourth-order valence-corrected chi connectivity index (χ4v) is 3.31. The third-order valence-corrected chi connectivity index (χ3v) is 4.57. The van der Waals surface area contributed by atoms with Crippen LogP contribution in [0.3, 0.4) is 0 Å². The van der Waals surface area contributed by atoms with Crippen LogP contribution in [-0.2, 0) is 5.33 Å². The number of hydrogen-bond acceptors (Lipinski definition) is 1. The van der Waals surface area contributed by atoms with Gasteiger partial charge in [0.1, 0.15) is 0 Å². The number of carbonyl (C=O) groups excluding carboxylic acids is 1. The van der Waals surface area contributed by atoms with Crippen molar-refractivity contribution in [1.29, 1.82) is 0 Å². The molecule has 1 aromatic carbocycles. The number of hydrogen-bond donors (Lipinski definition) is 1. The van der Waals surface area contributed by atoms with E-state index in [1.807, 2.05) is 24.3 Å². The van der Waals surface area contributed by atoms with Gasteiger partial charge in [0.2, 0.25) is 0 Å². The van der Waals surface area contributed by atoms with E-state index in [4.69, 9.17) is 0 Å². The third-order valence-electron chi connectivity index (χ3n) is 3.97. The molecule has 0 bridgehead atoms. The molecule has 1 aliphatic carbocycles. The molecule has 0 saturated heterocycles. The Bertz CT molecular complexity index is 413. The van der Waals surface area contributed by atoms with Crippen LogP contribution in [-0.4, -0.2) is 12.5 Å². The number of nitrogens with one attached hydrogen (secondary N) is 1. The van der Waals surface area contributed by atoms with Crippen LogP contribution >= 0.6 is 15.9 Å². The Hall–Kier alpha value is -0.830. The zero-order valence-corrected chi connectivity index (χ0v) is 12.9. The number of amides is 1. The van der Waals surface area contributed by atoms with Crippen molar-refractivity contribution in [2.75, 3.05) is 6.54 Å². The maximum Gasteiger partial charge on any atom is 0.251 e. The van der Waals surface area contributed by atoms with E-state index in [1.165, 1.54) is 32.1 Å². The summed E-state index contributed by atoms with van der Waals surface area (Å²) in [5.41, 5.74) is 1.85. The maximum atomic E-state index is 12.1. The number of benzene rings is 1. The predicted octanol–water partition coefficient (Wildman–Crippen LogP) is 4.28. The molecule has 1 aliphatic rings. The summed E-state index contributed by atoms with van der Waals surface area (Å²) < 4.78 is 0. The summed E-state index contributed by atoms with van der Waals surface area (Å²) in [5.74, 6) is 0.881. The molecular weight excluding hydrogens is 302 g/mol. The van der Waals surface area contributed by atoms with E-state index in [1.54, 1.807) is 0 Å². The minimum Gasteiger partial charge on any atom is -0.352 e. The molecule has 0 heterocycles. The Labute approximate surface area is 124 Å². The molecule has 1 aromatic rings. The number of halogens is 1. The van der Waals surface area contributed by atoms with Gasteiger partial charge < -0.3 is 5.32 Å². The summed E-state index contributed by atoms with van der Waals surface area (Å²) in [4.78, 5) is 12.1. The summed E-state index contributed by atoms with van der Waals surface area (Å²) in [6.07, 6.45) is 7.93. The van der Waals surface area contributed by atoms with Gasteiger partial charge in [0, 0.05) is 17.4 Å². The molecule has 2 nitrogen and oxygen atoms in total. The van der Waals surface area contributed by atoms with E-state index in [0.29, 0.717) is 0 Å². The first-order valence-corrected chi connectivity index (χ1v) is 8.35. The van der Waals surface area contributed by atoms with E-state index in [9.17, 15) is 4.79 Å². The molecule has 0 aromatic heterocycles. The Morgan fingerprint density at radius 3 is 2.68 bits per heavy atom. The monoisotopic (exact) mass is 323 g/mol. The number of alkyl halides is 1. The van der Waals surface area contributed by atoms with Gasteiger partial charge in [0.15, 0.2) is 0 Å². The summed E-state index contributed by atoms with van der Waals surface area (Å²) in [7, 11) is 0. The van der Waals surface area contributed by atoms with Crippen LogP contribution < -0.4 is 5.32 Å². The third kappa shape index (κ3) is 4.34. The average molecular weight is 324 g/mol. The molecule has 1 amide bonds. The van der Waals surface area contributed by atoms with Crippen molar-refractivity contribution in [2.45, 2.75) is 43.9 Å². The van der Waals surface area contributed by atoms with Crippen LogP contribution in [0.1, 0.15) is 54.4 Å². The highest BCUT2D eigenvalue weighted by Gasteiger charge is 2.14. The molecule has 0 radical (unpaired) electrons. The molecular formula is C16H22BrNO. The normalized spacial score (nSPS) is 16.3. The van der Waals surface area contributed by atoms with Crippen molar-refractivity contribution in [3.8, 4) is 0 Å². The van der Waals surface area contributed by atoms with Gasteiger partial charge in [0.05, 0.1) is 0 Å². The van der Waals surface area contributed by atoms with Gasteiger partial charge in [-0.3, -0.25) is 4.79 Å². The first-order valence-electron chi connectivity index (χ1n) is 7.23. The Kier molecular flexibility index (Phi) is 5.90. The molecule has 2 rings (SSSR count). The standard InChI is InChI=1S/C16H22BrNO/c17-12-14-8-4-5-9-15(14)16(19)18-11-10-13-6-2-1-3-7-13/h4-5,8-9,13H,1-3,6-7,10-12H2,(H,18,19). The van der Waals surface area contributed by atoms with Gasteiger partial charge in [0.25, 0.3) is 5.91 Å². The fourth-order valence-electron chi connectivity index (χ4n) is 2.82. The Morgan fingerprint density at radius 2 is 1.95 bits per heavy atom. The van der Waals surface area contributed by atoms with Crippen LogP contribution in [0.4, 0.5) is 0 Å². The van der Waals surface area contributed by atoms with E-state index in [-0.39, 0.29) is 5.91 Å². The van der Waals surface area contributed by atoms with E-state index < -0.39 is 0 Å². The quantitative estimate of drug-likeness (QED) is 0.805. The summed E-state index contributed by atoms with van der Waals surface area (Å²) in [6, 6.07) is 7.77. The summed E-state index contributed by atoms with van der Waals surface area (Å²) in [5, 5.41) is 3.78. The van der Waals surface area contributed by atoms with Gasteiger partial charge in [-0.1, -0.05) is 66.2 Å². The zero-order chi connectivity index (χ0) is 13.5. The minimum atomic E-state index is 0.0610. The summed E-state index contributed by atoms with van der Waals surface area (Å²) >= 11 is 3.43. The first-order chi connectivity index (χ1) is 9.31. The van der Waals surface area contributed by atoms with Gasteiger partial charge in [-0.25, -0.2) is 0 Å². The molecule has 1 saturated carbocycles. The molecule has 1 fully saturated rings. The number of rotatable bonds is 5. The molecule has 19 heavy (non-hydrogen) atoms. The van der Waals surface area contributed by atoms with Crippen molar-refractivity contribution in [3.63, 3.8) is 0 Å². The molecule has 1 N–H and O–H groups in total. The Balaban J connectivity index is 1.80. The van der Waals surface area contributed by atoms with Gasteiger partial charge in [-0.2, -0.15) is 0 Å². The zero-order valence-electron chi connectivity index (χ0n) is 11.3. The second kappa shape index (κ2) is 7.68. The van der Waals surface area contributed by atoms with Crippen molar-refractivity contribution in [3.05, 3.63) is 35.4 Å². The fraction of sp³-hybridized carbons (Fsp3) is 0.562. The van der Waals surface area contributed by atoms with E-state index >= 15 is 0 Å². The lowest BCUT2D eigenvalue weighted by Crippen LogP contribution is -2.27.